The van der Waals surface area contributed by atoms with Gasteiger partial charge in [-0.2, -0.15) is 0 Å². The molecule has 0 aromatic rings. The van der Waals surface area contributed by atoms with Crippen molar-refractivity contribution in [2.45, 2.75) is 32.6 Å². The minimum atomic E-state index is 0.660. The molecule has 0 aromatic carbocycles. The first kappa shape index (κ1) is 10.4. The summed E-state index contributed by atoms with van der Waals surface area (Å²) in [6.07, 6.45) is 5.63. The fourth-order valence-corrected chi connectivity index (χ4v) is 3.55. The van der Waals surface area contributed by atoms with Crippen molar-refractivity contribution >= 4 is 0 Å². The largest absolute Gasteiger partial charge is 0.316 e. The van der Waals surface area contributed by atoms with Crippen LogP contribution in [0.25, 0.3) is 0 Å². The summed E-state index contributed by atoms with van der Waals surface area (Å²) in [5, 5.41) is 3.55. The average molecular weight is 196 g/mol. The molecule has 2 aliphatic rings. The highest BCUT2D eigenvalue weighted by molar-refractivity contribution is 4.95. The van der Waals surface area contributed by atoms with E-state index in [4.69, 9.17) is 0 Å². The summed E-state index contributed by atoms with van der Waals surface area (Å²) >= 11 is 0. The minimum Gasteiger partial charge on any atom is -0.316 e. The number of rotatable bonds is 1. The Kier molecular flexibility index (Phi) is 3.13. The summed E-state index contributed by atoms with van der Waals surface area (Å²) in [5.41, 5.74) is 0.660. The quantitative estimate of drug-likeness (QED) is 0.687. The van der Waals surface area contributed by atoms with Gasteiger partial charge < -0.3 is 10.2 Å². The van der Waals surface area contributed by atoms with Gasteiger partial charge in [0.05, 0.1) is 0 Å². The first-order valence-electron chi connectivity index (χ1n) is 6.16. The average Bonchev–Trinajstić information content (AvgIpc) is 2.18. The van der Waals surface area contributed by atoms with E-state index in [-0.39, 0.29) is 0 Å². The molecule has 2 fully saturated rings. The number of hydrogen-bond acceptors (Lipinski definition) is 2. The van der Waals surface area contributed by atoms with Crippen LogP contribution in [0.4, 0.5) is 0 Å². The number of piperidine rings is 2. The van der Waals surface area contributed by atoms with Crippen molar-refractivity contribution in [3.05, 3.63) is 0 Å². The maximum atomic E-state index is 3.55. The predicted octanol–water partition coefficient (Wildman–Crippen LogP) is 1.72. The molecule has 1 N–H and O–H groups in total. The molecule has 2 heteroatoms. The van der Waals surface area contributed by atoms with E-state index in [0.29, 0.717) is 5.41 Å². The molecule has 2 nitrogen and oxygen atoms in total. The van der Waals surface area contributed by atoms with E-state index in [9.17, 15) is 0 Å². The van der Waals surface area contributed by atoms with Gasteiger partial charge in [-0.1, -0.05) is 13.3 Å². The van der Waals surface area contributed by atoms with Gasteiger partial charge in [-0.25, -0.2) is 0 Å². The van der Waals surface area contributed by atoms with Crippen molar-refractivity contribution in [2.75, 3.05) is 33.2 Å². The molecule has 2 aliphatic heterocycles. The number of nitrogens with zero attached hydrogens (tertiary/aromatic N) is 1. The normalized spacial score (nSPS) is 40.3. The highest BCUT2D eigenvalue weighted by Crippen LogP contribution is 2.42. The van der Waals surface area contributed by atoms with Gasteiger partial charge in [-0.15, -0.1) is 0 Å². The molecule has 0 bridgehead atoms. The Morgan fingerprint density at radius 1 is 1.43 bits per heavy atom. The second kappa shape index (κ2) is 4.19. The molecule has 0 radical (unpaired) electrons. The third-order valence-corrected chi connectivity index (χ3v) is 4.35. The fourth-order valence-electron chi connectivity index (χ4n) is 3.55. The Labute approximate surface area is 88.1 Å². The Balaban J connectivity index is 2.09. The zero-order valence-electron chi connectivity index (χ0n) is 9.68. The molecule has 0 saturated carbocycles. The molecule has 0 aliphatic carbocycles. The number of likely N-dealkylation sites (tertiary alicyclic amines) is 1. The van der Waals surface area contributed by atoms with Crippen molar-refractivity contribution in [2.24, 2.45) is 11.3 Å². The van der Waals surface area contributed by atoms with Gasteiger partial charge in [-0.05, 0) is 57.3 Å². The molecule has 1 spiro atoms. The summed E-state index contributed by atoms with van der Waals surface area (Å²) in [5.74, 6) is 0.916. The van der Waals surface area contributed by atoms with E-state index in [2.05, 4.69) is 24.2 Å². The summed E-state index contributed by atoms with van der Waals surface area (Å²) in [7, 11) is 2.29. The van der Waals surface area contributed by atoms with Crippen LogP contribution < -0.4 is 5.32 Å². The molecule has 2 atom stereocenters. The lowest BCUT2D eigenvalue weighted by Gasteiger charge is -2.49. The van der Waals surface area contributed by atoms with Crippen LogP contribution in [-0.2, 0) is 0 Å². The zero-order valence-corrected chi connectivity index (χ0v) is 9.68. The van der Waals surface area contributed by atoms with Crippen LogP contribution in [0.1, 0.15) is 32.6 Å². The van der Waals surface area contributed by atoms with Crippen LogP contribution in [0.3, 0.4) is 0 Å². The van der Waals surface area contributed by atoms with E-state index < -0.39 is 0 Å². The Hall–Kier alpha value is -0.0800. The monoisotopic (exact) mass is 196 g/mol. The second-order valence-corrected chi connectivity index (χ2v) is 5.26. The smallest absolute Gasteiger partial charge is 0.00385 e. The number of hydrogen-bond donors (Lipinski definition) is 1. The number of nitrogens with one attached hydrogen (secondary N) is 1. The highest BCUT2D eigenvalue weighted by Gasteiger charge is 2.41. The first-order chi connectivity index (χ1) is 6.77. The fraction of sp³-hybridized carbons (Fsp3) is 1.00. The topological polar surface area (TPSA) is 15.3 Å². The lowest BCUT2D eigenvalue weighted by molar-refractivity contribution is 0.0193. The molecule has 82 valence electrons. The maximum absolute atomic E-state index is 3.55. The Morgan fingerprint density at radius 3 is 3.00 bits per heavy atom. The Morgan fingerprint density at radius 2 is 2.29 bits per heavy atom. The SMILES string of the molecule is CCC1CNCCC12CCCN(C)C2. The highest BCUT2D eigenvalue weighted by atomic mass is 15.1. The van der Waals surface area contributed by atoms with Crippen LogP contribution in [0.2, 0.25) is 0 Å². The minimum absolute atomic E-state index is 0.660. The standard InChI is InChI=1S/C12H24N2/c1-3-11-9-13-7-6-12(11)5-4-8-14(2)10-12/h11,13H,3-10H2,1-2H3. The van der Waals surface area contributed by atoms with Gasteiger partial charge in [-0.3, -0.25) is 0 Å². The van der Waals surface area contributed by atoms with E-state index >= 15 is 0 Å². The van der Waals surface area contributed by atoms with Crippen LogP contribution in [0, 0.1) is 11.3 Å². The summed E-state index contributed by atoms with van der Waals surface area (Å²) in [6, 6.07) is 0. The third-order valence-electron chi connectivity index (χ3n) is 4.35. The van der Waals surface area contributed by atoms with Crippen molar-refractivity contribution in [1.29, 1.82) is 0 Å². The van der Waals surface area contributed by atoms with Crippen molar-refractivity contribution < 1.29 is 0 Å². The van der Waals surface area contributed by atoms with Crippen LogP contribution >= 0.6 is 0 Å². The predicted molar refractivity (Wildman–Crippen MR) is 60.4 cm³/mol. The molecule has 2 heterocycles. The zero-order chi connectivity index (χ0) is 10.0. The van der Waals surface area contributed by atoms with E-state index in [0.717, 1.165) is 5.92 Å². The molecule has 0 aromatic heterocycles. The maximum Gasteiger partial charge on any atom is 0.00385 e. The molecular weight excluding hydrogens is 172 g/mol. The second-order valence-electron chi connectivity index (χ2n) is 5.26. The van der Waals surface area contributed by atoms with Crippen molar-refractivity contribution in [1.82, 2.24) is 10.2 Å². The molecule has 2 rings (SSSR count). The van der Waals surface area contributed by atoms with Gasteiger partial charge in [0.15, 0.2) is 0 Å². The van der Waals surface area contributed by atoms with Crippen LogP contribution in [-0.4, -0.2) is 38.1 Å². The first-order valence-corrected chi connectivity index (χ1v) is 6.16. The molecule has 14 heavy (non-hydrogen) atoms. The molecule has 2 unspecified atom stereocenters. The summed E-state index contributed by atoms with van der Waals surface area (Å²) in [4.78, 5) is 2.54. The van der Waals surface area contributed by atoms with Gasteiger partial charge >= 0.3 is 0 Å². The van der Waals surface area contributed by atoms with Crippen molar-refractivity contribution in [3.8, 4) is 0 Å². The third kappa shape index (κ3) is 1.82. The summed E-state index contributed by atoms with van der Waals surface area (Å²) in [6.45, 7) is 7.50. The molecule has 2 saturated heterocycles. The van der Waals surface area contributed by atoms with Crippen LogP contribution in [0.15, 0.2) is 0 Å². The van der Waals surface area contributed by atoms with Crippen molar-refractivity contribution in [3.63, 3.8) is 0 Å². The van der Waals surface area contributed by atoms with E-state index in [1.807, 2.05) is 0 Å². The lowest BCUT2D eigenvalue weighted by Crippen LogP contribution is -2.52. The molecular formula is C12H24N2. The molecule has 0 amide bonds. The van der Waals surface area contributed by atoms with Gasteiger partial charge in [0, 0.05) is 6.54 Å². The van der Waals surface area contributed by atoms with Gasteiger partial charge in [0.25, 0.3) is 0 Å². The van der Waals surface area contributed by atoms with E-state index in [1.54, 1.807) is 0 Å². The van der Waals surface area contributed by atoms with E-state index in [1.165, 1.54) is 51.9 Å². The lowest BCUT2D eigenvalue weighted by atomic mass is 9.65. The van der Waals surface area contributed by atoms with Gasteiger partial charge in [0.1, 0.15) is 0 Å². The summed E-state index contributed by atoms with van der Waals surface area (Å²) < 4.78 is 0. The Bertz CT molecular complexity index is 189. The van der Waals surface area contributed by atoms with Crippen LogP contribution in [0.5, 0.6) is 0 Å². The van der Waals surface area contributed by atoms with Gasteiger partial charge in [0.2, 0.25) is 0 Å².